The van der Waals surface area contributed by atoms with Crippen molar-refractivity contribution in [3.05, 3.63) is 53.5 Å². The van der Waals surface area contributed by atoms with Gasteiger partial charge in [-0.1, -0.05) is 6.07 Å². The number of hydrogen-bond acceptors (Lipinski definition) is 7. The molecule has 0 saturated carbocycles. The lowest BCUT2D eigenvalue weighted by atomic mass is 10.1. The summed E-state index contributed by atoms with van der Waals surface area (Å²) in [4.78, 5) is 8.41. The van der Waals surface area contributed by atoms with E-state index < -0.39 is 16.7 Å². The highest BCUT2D eigenvalue weighted by molar-refractivity contribution is 7.70. The molecule has 0 atom stereocenters. The first-order chi connectivity index (χ1) is 13.0. The van der Waals surface area contributed by atoms with Crippen molar-refractivity contribution in [3.63, 3.8) is 0 Å². The number of benzene rings is 2. The first-order valence-electron chi connectivity index (χ1n) is 7.69. The average molecular weight is 387 g/mol. The van der Waals surface area contributed by atoms with Crippen molar-refractivity contribution in [1.29, 1.82) is 5.26 Å². The molecule has 3 aromatic rings. The van der Waals surface area contributed by atoms with Gasteiger partial charge in [0.05, 0.1) is 30.2 Å². The Hall–Kier alpha value is -3.29. The smallest absolute Gasteiger partial charge is 0.232 e. The van der Waals surface area contributed by atoms with E-state index in [-0.39, 0.29) is 23.7 Å². The second kappa shape index (κ2) is 7.94. The maximum Gasteiger partial charge on any atom is 0.232 e. The number of thiol groups is 1. The highest BCUT2D eigenvalue weighted by Gasteiger charge is 2.13. The molecule has 10 heteroatoms. The van der Waals surface area contributed by atoms with Crippen LogP contribution in [-0.4, -0.2) is 25.5 Å². The second-order valence-electron chi connectivity index (χ2n) is 5.41. The molecular formula is C17H14FN5O3S. The van der Waals surface area contributed by atoms with Gasteiger partial charge in [0.25, 0.3) is 0 Å². The molecule has 27 heavy (non-hydrogen) atoms. The van der Waals surface area contributed by atoms with Crippen molar-refractivity contribution in [1.82, 2.24) is 14.7 Å². The first-order valence-corrected chi connectivity index (χ1v) is 8.86. The lowest BCUT2D eigenvalue weighted by Crippen LogP contribution is -2.10. The van der Waals surface area contributed by atoms with E-state index >= 15 is 0 Å². The van der Waals surface area contributed by atoms with Gasteiger partial charge in [0.2, 0.25) is 16.8 Å². The standard InChI is InChI=1S/C17H14FN5O3S/c1-26-16-9-20-14-5-4-13(11(7-19)17(14)23-16)22-15-6-10(2-3-12(15)18)8-21-27(24)25/h2-6,9,22,27H,8H2,1H3,(H,21,24,25). The third-order valence-electron chi connectivity index (χ3n) is 3.73. The van der Waals surface area contributed by atoms with E-state index in [1.807, 2.05) is 6.07 Å². The zero-order chi connectivity index (χ0) is 19.4. The van der Waals surface area contributed by atoms with Gasteiger partial charge < -0.3 is 10.1 Å². The molecule has 1 heterocycles. The van der Waals surface area contributed by atoms with E-state index in [2.05, 4.69) is 20.0 Å². The first kappa shape index (κ1) is 18.5. The van der Waals surface area contributed by atoms with Crippen molar-refractivity contribution in [2.45, 2.75) is 6.54 Å². The molecule has 1 aromatic heterocycles. The van der Waals surface area contributed by atoms with E-state index in [1.165, 1.54) is 31.5 Å². The van der Waals surface area contributed by atoms with Crippen LogP contribution in [0.2, 0.25) is 0 Å². The summed E-state index contributed by atoms with van der Waals surface area (Å²) in [5.41, 5.74) is 2.00. The third kappa shape index (κ3) is 4.11. The Kier molecular flexibility index (Phi) is 5.44. The molecule has 0 aliphatic carbocycles. The van der Waals surface area contributed by atoms with Crippen LogP contribution in [0.1, 0.15) is 11.1 Å². The van der Waals surface area contributed by atoms with Gasteiger partial charge in [-0.15, -0.1) is 0 Å². The number of halogens is 1. The molecule has 0 saturated heterocycles. The largest absolute Gasteiger partial charge is 0.480 e. The zero-order valence-corrected chi connectivity index (χ0v) is 15.0. The molecule has 0 amide bonds. The monoisotopic (exact) mass is 387 g/mol. The Morgan fingerprint density at radius 1 is 1.26 bits per heavy atom. The number of nitrogens with one attached hydrogen (secondary N) is 2. The summed E-state index contributed by atoms with van der Waals surface area (Å²) in [6.07, 6.45) is 1.44. The van der Waals surface area contributed by atoms with Gasteiger partial charge in [-0.05, 0) is 29.8 Å². The van der Waals surface area contributed by atoms with Gasteiger partial charge in [-0.25, -0.2) is 27.5 Å². The van der Waals surface area contributed by atoms with Crippen molar-refractivity contribution in [2.75, 3.05) is 12.4 Å². The normalized spacial score (nSPS) is 10.7. The van der Waals surface area contributed by atoms with Crippen LogP contribution in [0.5, 0.6) is 5.88 Å². The van der Waals surface area contributed by atoms with E-state index in [0.29, 0.717) is 22.3 Å². The van der Waals surface area contributed by atoms with E-state index in [1.54, 1.807) is 12.1 Å². The average Bonchev–Trinajstić information content (AvgIpc) is 2.67. The van der Waals surface area contributed by atoms with E-state index in [9.17, 15) is 18.1 Å². The number of aromatic nitrogens is 2. The summed E-state index contributed by atoms with van der Waals surface area (Å²) in [5.74, 6) is -0.298. The third-order valence-corrected chi connectivity index (χ3v) is 4.14. The fourth-order valence-electron chi connectivity index (χ4n) is 2.46. The van der Waals surface area contributed by atoms with Crippen LogP contribution in [-0.2, 0) is 17.4 Å². The summed E-state index contributed by atoms with van der Waals surface area (Å²) in [5, 5.41) is 12.4. The molecule has 0 bridgehead atoms. The second-order valence-corrected chi connectivity index (χ2v) is 6.24. The Morgan fingerprint density at radius 2 is 2.07 bits per heavy atom. The van der Waals surface area contributed by atoms with Crippen LogP contribution in [0, 0.1) is 17.1 Å². The van der Waals surface area contributed by atoms with Gasteiger partial charge >= 0.3 is 0 Å². The SMILES string of the molecule is COc1cnc2ccc(Nc3cc(CN[SH](=O)=O)ccc3F)c(C#N)c2n1. The number of rotatable bonds is 6. The Bertz CT molecular complexity index is 1120. The van der Waals surface area contributed by atoms with Gasteiger partial charge in [0, 0.05) is 6.54 Å². The molecule has 0 fully saturated rings. The zero-order valence-electron chi connectivity index (χ0n) is 14.1. The van der Waals surface area contributed by atoms with Crippen molar-refractivity contribution < 1.29 is 17.5 Å². The molecular weight excluding hydrogens is 373 g/mol. The van der Waals surface area contributed by atoms with Gasteiger partial charge in [0.15, 0.2) is 0 Å². The highest BCUT2D eigenvalue weighted by atomic mass is 32.2. The van der Waals surface area contributed by atoms with Crippen LogP contribution >= 0.6 is 0 Å². The van der Waals surface area contributed by atoms with Crippen LogP contribution < -0.4 is 14.8 Å². The minimum atomic E-state index is -2.76. The quantitative estimate of drug-likeness (QED) is 0.554. The minimum absolute atomic E-state index is 0.0269. The summed E-state index contributed by atoms with van der Waals surface area (Å²) < 4.78 is 42.8. The molecule has 138 valence electrons. The topological polar surface area (TPSA) is 117 Å². The number of ether oxygens (including phenoxy) is 1. The Labute approximate surface area is 155 Å². The predicted octanol–water partition coefficient (Wildman–Crippen LogP) is 2.01. The van der Waals surface area contributed by atoms with Gasteiger partial charge in [0.1, 0.15) is 23.0 Å². The number of fused-ring (bicyclic) bond motifs is 1. The Morgan fingerprint density at radius 3 is 2.78 bits per heavy atom. The van der Waals surface area contributed by atoms with Crippen molar-refractivity contribution >= 4 is 33.3 Å². The van der Waals surface area contributed by atoms with Crippen molar-refractivity contribution in [3.8, 4) is 11.9 Å². The molecule has 3 rings (SSSR count). The maximum absolute atomic E-state index is 14.2. The number of nitrogens with zero attached hydrogens (tertiary/aromatic N) is 3. The van der Waals surface area contributed by atoms with Crippen LogP contribution in [0.3, 0.4) is 0 Å². The minimum Gasteiger partial charge on any atom is -0.480 e. The Balaban J connectivity index is 2.01. The van der Waals surface area contributed by atoms with Crippen LogP contribution in [0.25, 0.3) is 11.0 Å². The molecule has 0 aliphatic heterocycles. The fraction of sp³-hybridized carbons (Fsp3) is 0.118. The van der Waals surface area contributed by atoms with Crippen LogP contribution in [0.4, 0.5) is 15.8 Å². The molecule has 0 unspecified atom stereocenters. The maximum atomic E-state index is 14.2. The summed E-state index contributed by atoms with van der Waals surface area (Å²) in [6, 6.07) is 9.44. The highest BCUT2D eigenvalue weighted by Crippen LogP contribution is 2.28. The van der Waals surface area contributed by atoms with Gasteiger partial charge in [-0.2, -0.15) is 5.26 Å². The number of hydrogen-bond donors (Lipinski definition) is 3. The van der Waals surface area contributed by atoms with E-state index in [0.717, 1.165) is 0 Å². The molecule has 0 spiro atoms. The molecule has 0 aliphatic rings. The molecule has 0 radical (unpaired) electrons. The summed E-state index contributed by atoms with van der Waals surface area (Å²) in [7, 11) is -1.32. The molecule has 8 nitrogen and oxygen atoms in total. The molecule has 2 aromatic carbocycles. The van der Waals surface area contributed by atoms with E-state index in [4.69, 9.17) is 4.74 Å². The predicted molar refractivity (Wildman–Crippen MR) is 97.6 cm³/mol. The summed E-state index contributed by atoms with van der Waals surface area (Å²) in [6.45, 7) is 0.0269. The number of methoxy groups -OCH3 is 1. The summed E-state index contributed by atoms with van der Waals surface area (Å²) >= 11 is 0. The van der Waals surface area contributed by atoms with Crippen molar-refractivity contribution in [2.24, 2.45) is 0 Å². The van der Waals surface area contributed by atoms with Crippen LogP contribution in [0.15, 0.2) is 36.5 Å². The lowest BCUT2D eigenvalue weighted by Gasteiger charge is -2.12. The lowest BCUT2D eigenvalue weighted by molar-refractivity contribution is 0.397. The number of anilines is 2. The number of nitriles is 1. The fourth-order valence-corrected chi connectivity index (χ4v) is 2.77. The van der Waals surface area contributed by atoms with Gasteiger partial charge in [-0.3, -0.25) is 0 Å². The molecule has 2 N–H and O–H groups in total.